The maximum atomic E-state index is 12.1. The van der Waals surface area contributed by atoms with Crippen molar-refractivity contribution >= 4 is 27.5 Å². The van der Waals surface area contributed by atoms with Crippen LogP contribution in [0, 0.1) is 12.8 Å². The van der Waals surface area contributed by atoms with Gasteiger partial charge in [-0.25, -0.2) is 13.6 Å². The number of primary sulfonamides is 1. The van der Waals surface area contributed by atoms with Gasteiger partial charge in [-0.1, -0.05) is 24.4 Å². The molecule has 1 aromatic carbocycles. The molecular weight excluding hydrogens is 300 g/mol. The number of amides is 1. The number of nitrogens with two attached hydrogens (primary N) is 1. The number of rotatable bonds is 5. The van der Waals surface area contributed by atoms with Gasteiger partial charge in [0.05, 0.1) is 4.90 Å². The highest BCUT2D eigenvalue weighted by molar-refractivity contribution is 7.89. The Kier molecular flexibility index (Phi) is 4.36. The number of hydrogen-bond donors (Lipinski definition) is 2. The molecule has 0 heterocycles. The highest BCUT2D eigenvalue weighted by Gasteiger charge is 2.22. The molecular formula is C13H17ClN2O3S. The smallest absolute Gasteiger partial charge is 0.251 e. The van der Waals surface area contributed by atoms with E-state index in [-0.39, 0.29) is 21.4 Å². The molecule has 1 aliphatic rings. The second-order valence-electron chi connectivity index (χ2n) is 5.11. The summed E-state index contributed by atoms with van der Waals surface area (Å²) in [5.74, 6) is 0.395. The molecule has 20 heavy (non-hydrogen) atoms. The monoisotopic (exact) mass is 316 g/mol. The van der Waals surface area contributed by atoms with Gasteiger partial charge in [0.15, 0.2) is 0 Å². The normalized spacial score (nSPS) is 15.2. The van der Waals surface area contributed by atoms with Crippen LogP contribution in [0.1, 0.15) is 35.2 Å². The van der Waals surface area contributed by atoms with Crippen molar-refractivity contribution in [2.45, 2.75) is 31.1 Å². The molecule has 2 rings (SSSR count). The lowest BCUT2D eigenvalue weighted by molar-refractivity contribution is 0.0952. The van der Waals surface area contributed by atoms with Crippen molar-refractivity contribution in [3.63, 3.8) is 0 Å². The maximum Gasteiger partial charge on any atom is 0.251 e. The molecule has 1 saturated carbocycles. The maximum absolute atomic E-state index is 12.1. The lowest BCUT2D eigenvalue weighted by atomic mass is 10.1. The van der Waals surface area contributed by atoms with Gasteiger partial charge in [-0.15, -0.1) is 0 Å². The van der Waals surface area contributed by atoms with E-state index in [0.717, 1.165) is 12.3 Å². The van der Waals surface area contributed by atoms with Crippen LogP contribution in [0.5, 0.6) is 0 Å². The minimum absolute atomic E-state index is 0.114. The van der Waals surface area contributed by atoms with Gasteiger partial charge in [0.25, 0.3) is 5.91 Å². The van der Waals surface area contributed by atoms with Crippen molar-refractivity contribution < 1.29 is 13.2 Å². The Labute approximate surface area is 123 Å². The van der Waals surface area contributed by atoms with Crippen molar-refractivity contribution in [3.05, 3.63) is 28.3 Å². The third-order valence-corrected chi connectivity index (χ3v) is 4.67. The number of carbonyl (C=O) groups excluding carboxylic acids is 1. The third-order valence-electron chi connectivity index (χ3n) is 3.41. The number of hydrogen-bond acceptors (Lipinski definition) is 3. The van der Waals surface area contributed by atoms with E-state index in [1.807, 2.05) is 0 Å². The van der Waals surface area contributed by atoms with Crippen LogP contribution in [0.15, 0.2) is 17.0 Å². The van der Waals surface area contributed by atoms with Gasteiger partial charge in [0.2, 0.25) is 10.0 Å². The predicted molar refractivity (Wildman–Crippen MR) is 77.2 cm³/mol. The Balaban J connectivity index is 2.21. The summed E-state index contributed by atoms with van der Waals surface area (Å²) in [6.45, 7) is 2.13. The first-order valence-electron chi connectivity index (χ1n) is 6.40. The molecule has 1 aliphatic carbocycles. The highest BCUT2D eigenvalue weighted by Crippen LogP contribution is 2.31. The molecule has 3 N–H and O–H groups in total. The fraction of sp³-hybridized carbons (Fsp3) is 0.462. The summed E-state index contributed by atoms with van der Waals surface area (Å²) in [5, 5.41) is 8.08. The highest BCUT2D eigenvalue weighted by atomic mass is 35.5. The zero-order chi connectivity index (χ0) is 14.9. The second kappa shape index (κ2) is 5.71. The van der Waals surface area contributed by atoms with E-state index in [2.05, 4.69) is 5.32 Å². The quantitative estimate of drug-likeness (QED) is 0.868. The molecule has 0 radical (unpaired) electrons. The van der Waals surface area contributed by atoms with Crippen molar-refractivity contribution in [1.82, 2.24) is 5.32 Å². The summed E-state index contributed by atoms with van der Waals surface area (Å²) < 4.78 is 23.0. The van der Waals surface area contributed by atoms with Crippen LogP contribution >= 0.6 is 11.6 Å². The third kappa shape index (κ3) is 3.71. The molecule has 1 fully saturated rings. The number of benzene rings is 1. The van der Waals surface area contributed by atoms with E-state index in [1.165, 1.54) is 25.0 Å². The van der Waals surface area contributed by atoms with Crippen LogP contribution in [0.4, 0.5) is 0 Å². The zero-order valence-corrected chi connectivity index (χ0v) is 12.7. The molecule has 7 heteroatoms. The van der Waals surface area contributed by atoms with E-state index in [9.17, 15) is 13.2 Å². The van der Waals surface area contributed by atoms with E-state index < -0.39 is 10.0 Å². The lowest BCUT2D eigenvalue weighted by Gasteiger charge is -2.11. The van der Waals surface area contributed by atoms with Crippen LogP contribution in [0.25, 0.3) is 0 Å². The Morgan fingerprint density at radius 1 is 1.45 bits per heavy atom. The summed E-state index contributed by atoms with van der Waals surface area (Å²) in [7, 11) is -3.90. The SMILES string of the molecule is Cc1c(C(=O)NCCC2CC2)cc(Cl)cc1S(N)(=O)=O. The van der Waals surface area contributed by atoms with Gasteiger partial charge >= 0.3 is 0 Å². The molecule has 0 bridgehead atoms. The molecule has 1 amide bonds. The van der Waals surface area contributed by atoms with Crippen LogP contribution < -0.4 is 10.5 Å². The van der Waals surface area contributed by atoms with Gasteiger partial charge in [-0.05, 0) is 37.0 Å². The molecule has 0 aromatic heterocycles. The van der Waals surface area contributed by atoms with Crippen LogP contribution in [-0.4, -0.2) is 20.9 Å². The molecule has 0 unspecified atom stereocenters. The fourth-order valence-corrected chi connectivity index (χ4v) is 3.19. The summed E-state index contributed by atoms with van der Waals surface area (Å²) in [5.41, 5.74) is 0.568. The standard InChI is InChI=1S/C13H17ClN2O3S/c1-8-11(13(17)16-5-4-9-2-3-9)6-10(14)7-12(8)20(15,18)19/h6-7,9H,2-5H2,1H3,(H,16,17)(H2,15,18,19). The minimum atomic E-state index is -3.90. The first kappa shape index (κ1) is 15.3. The molecule has 110 valence electrons. The van der Waals surface area contributed by atoms with Crippen LogP contribution in [0.3, 0.4) is 0 Å². The Morgan fingerprint density at radius 3 is 2.65 bits per heavy atom. The molecule has 5 nitrogen and oxygen atoms in total. The van der Waals surface area contributed by atoms with Crippen molar-refractivity contribution in [2.75, 3.05) is 6.54 Å². The largest absolute Gasteiger partial charge is 0.352 e. The van der Waals surface area contributed by atoms with E-state index in [0.29, 0.717) is 12.1 Å². The predicted octanol–water partition coefficient (Wildman–Crippen LogP) is 1.83. The van der Waals surface area contributed by atoms with Crippen molar-refractivity contribution in [3.8, 4) is 0 Å². The Bertz CT molecular complexity index is 639. The van der Waals surface area contributed by atoms with Gasteiger partial charge in [-0.2, -0.15) is 0 Å². The van der Waals surface area contributed by atoms with E-state index in [4.69, 9.17) is 16.7 Å². The van der Waals surface area contributed by atoms with Crippen LogP contribution in [0.2, 0.25) is 5.02 Å². The number of sulfonamides is 1. The lowest BCUT2D eigenvalue weighted by Crippen LogP contribution is -2.26. The summed E-state index contributed by atoms with van der Waals surface area (Å²) >= 11 is 5.87. The van der Waals surface area contributed by atoms with E-state index in [1.54, 1.807) is 6.92 Å². The Morgan fingerprint density at radius 2 is 2.10 bits per heavy atom. The first-order chi connectivity index (χ1) is 9.29. The number of halogens is 1. The Hall–Kier alpha value is -1.11. The van der Waals surface area contributed by atoms with Crippen LogP contribution in [-0.2, 0) is 10.0 Å². The average Bonchev–Trinajstić information content (AvgIpc) is 3.14. The molecule has 1 aromatic rings. The topological polar surface area (TPSA) is 89.3 Å². The van der Waals surface area contributed by atoms with Crippen molar-refractivity contribution in [2.24, 2.45) is 11.1 Å². The molecule has 0 saturated heterocycles. The number of nitrogens with one attached hydrogen (secondary N) is 1. The second-order valence-corrected chi connectivity index (χ2v) is 7.08. The van der Waals surface area contributed by atoms with Gasteiger partial charge in [0, 0.05) is 17.1 Å². The first-order valence-corrected chi connectivity index (χ1v) is 8.32. The fourth-order valence-electron chi connectivity index (χ4n) is 2.08. The molecule has 0 atom stereocenters. The van der Waals surface area contributed by atoms with E-state index >= 15 is 0 Å². The minimum Gasteiger partial charge on any atom is -0.352 e. The summed E-state index contributed by atoms with van der Waals surface area (Å²) in [4.78, 5) is 12.0. The van der Waals surface area contributed by atoms with Gasteiger partial charge in [0.1, 0.15) is 0 Å². The van der Waals surface area contributed by atoms with Crippen molar-refractivity contribution in [1.29, 1.82) is 0 Å². The summed E-state index contributed by atoms with van der Waals surface area (Å²) in [6, 6.07) is 2.71. The average molecular weight is 317 g/mol. The molecule has 0 aliphatic heterocycles. The zero-order valence-electron chi connectivity index (χ0n) is 11.1. The molecule has 0 spiro atoms. The number of carbonyl (C=O) groups is 1. The summed E-state index contributed by atoms with van der Waals surface area (Å²) in [6.07, 6.45) is 3.40. The van der Waals surface area contributed by atoms with Gasteiger partial charge < -0.3 is 5.32 Å². The van der Waals surface area contributed by atoms with Gasteiger partial charge in [-0.3, -0.25) is 4.79 Å².